The largest absolute Gasteiger partial charge is 0.251 e. The molecular formula is C21H14N4. The molecule has 118 valence electrons. The molecule has 2 heterocycles. The molecule has 0 aliphatic rings. The van der Waals surface area contributed by atoms with Crippen LogP contribution in [0.2, 0.25) is 0 Å². The normalized spacial score (nSPS) is 11.2. The number of hydrogen-bond acceptors (Lipinski definition) is 3. The van der Waals surface area contributed by atoms with E-state index in [1.54, 1.807) is 10.7 Å². The van der Waals surface area contributed by atoms with Crippen LogP contribution in [0.1, 0.15) is 0 Å². The fourth-order valence-corrected chi connectivity index (χ4v) is 3.01. The highest BCUT2D eigenvalue weighted by Gasteiger charge is 2.09. The molecule has 5 rings (SSSR count). The SMILES string of the molecule is c1ccc(-c2cnn3cc(-c4ccc5ccccc5c4)nc3n2)cc1. The Morgan fingerprint density at radius 2 is 1.40 bits per heavy atom. The van der Waals surface area contributed by atoms with Crippen molar-refractivity contribution in [1.29, 1.82) is 0 Å². The van der Waals surface area contributed by atoms with Gasteiger partial charge in [0.1, 0.15) is 0 Å². The molecule has 2 aromatic heterocycles. The standard InChI is InChI=1S/C21H14N4/c1-2-7-16(8-3-1)19-13-22-25-14-20(24-21(25)23-19)18-11-10-15-6-4-5-9-17(15)12-18/h1-14H. The van der Waals surface area contributed by atoms with Gasteiger partial charge in [0, 0.05) is 11.1 Å². The molecule has 0 amide bonds. The van der Waals surface area contributed by atoms with E-state index in [0.29, 0.717) is 5.78 Å². The van der Waals surface area contributed by atoms with Gasteiger partial charge in [-0.05, 0) is 16.8 Å². The predicted molar refractivity (Wildman–Crippen MR) is 99.2 cm³/mol. The van der Waals surface area contributed by atoms with Crippen molar-refractivity contribution in [1.82, 2.24) is 19.6 Å². The van der Waals surface area contributed by atoms with E-state index in [0.717, 1.165) is 22.5 Å². The molecule has 0 aliphatic heterocycles. The molecule has 0 N–H and O–H groups in total. The highest BCUT2D eigenvalue weighted by Crippen LogP contribution is 2.24. The fourth-order valence-electron chi connectivity index (χ4n) is 3.01. The molecule has 0 aliphatic carbocycles. The molecule has 0 atom stereocenters. The first-order valence-electron chi connectivity index (χ1n) is 8.14. The van der Waals surface area contributed by atoms with Crippen molar-refractivity contribution < 1.29 is 0 Å². The van der Waals surface area contributed by atoms with E-state index in [1.165, 1.54) is 10.8 Å². The average Bonchev–Trinajstić information content (AvgIpc) is 3.11. The molecule has 0 unspecified atom stereocenters. The molecule has 5 aromatic rings. The maximum absolute atomic E-state index is 4.67. The van der Waals surface area contributed by atoms with E-state index in [1.807, 2.05) is 48.7 Å². The van der Waals surface area contributed by atoms with Gasteiger partial charge in [0.05, 0.1) is 23.8 Å². The molecule has 0 radical (unpaired) electrons. The van der Waals surface area contributed by atoms with Crippen LogP contribution in [-0.2, 0) is 0 Å². The first-order valence-corrected chi connectivity index (χ1v) is 8.14. The van der Waals surface area contributed by atoms with Gasteiger partial charge in [0.15, 0.2) is 0 Å². The van der Waals surface area contributed by atoms with Crippen molar-refractivity contribution in [3.8, 4) is 22.5 Å². The van der Waals surface area contributed by atoms with Gasteiger partial charge in [-0.25, -0.2) is 14.5 Å². The van der Waals surface area contributed by atoms with E-state index in [-0.39, 0.29) is 0 Å². The van der Waals surface area contributed by atoms with Gasteiger partial charge in [-0.2, -0.15) is 5.10 Å². The number of aromatic nitrogens is 4. The van der Waals surface area contributed by atoms with Crippen LogP contribution in [0.3, 0.4) is 0 Å². The van der Waals surface area contributed by atoms with Gasteiger partial charge in [0.25, 0.3) is 5.78 Å². The Morgan fingerprint density at radius 1 is 0.640 bits per heavy atom. The van der Waals surface area contributed by atoms with Crippen LogP contribution in [0.25, 0.3) is 39.1 Å². The second-order valence-electron chi connectivity index (χ2n) is 5.94. The van der Waals surface area contributed by atoms with Crippen molar-refractivity contribution in [2.45, 2.75) is 0 Å². The van der Waals surface area contributed by atoms with Crippen molar-refractivity contribution in [3.05, 3.63) is 85.2 Å². The molecule has 0 fully saturated rings. The van der Waals surface area contributed by atoms with Gasteiger partial charge in [-0.1, -0.05) is 66.7 Å². The second-order valence-corrected chi connectivity index (χ2v) is 5.94. The van der Waals surface area contributed by atoms with Crippen LogP contribution in [0.4, 0.5) is 0 Å². The predicted octanol–water partition coefficient (Wildman–Crippen LogP) is 4.61. The molecular weight excluding hydrogens is 308 g/mol. The molecule has 0 bridgehead atoms. The Balaban J connectivity index is 1.62. The summed E-state index contributed by atoms with van der Waals surface area (Å²) in [4.78, 5) is 9.31. The monoisotopic (exact) mass is 322 g/mol. The Hall–Kier alpha value is -3.53. The minimum Gasteiger partial charge on any atom is -0.209 e. The highest BCUT2D eigenvalue weighted by atomic mass is 15.3. The van der Waals surface area contributed by atoms with Crippen LogP contribution in [0, 0.1) is 0 Å². The molecule has 25 heavy (non-hydrogen) atoms. The van der Waals surface area contributed by atoms with E-state index < -0.39 is 0 Å². The zero-order valence-corrected chi connectivity index (χ0v) is 13.4. The van der Waals surface area contributed by atoms with Crippen molar-refractivity contribution in [3.63, 3.8) is 0 Å². The van der Waals surface area contributed by atoms with Gasteiger partial charge in [-0.15, -0.1) is 0 Å². The number of benzene rings is 3. The Bertz CT molecular complexity index is 1190. The third-order valence-corrected chi connectivity index (χ3v) is 4.31. The summed E-state index contributed by atoms with van der Waals surface area (Å²) in [5.74, 6) is 0.601. The third-order valence-electron chi connectivity index (χ3n) is 4.31. The van der Waals surface area contributed by atoms with Crippen molar-refractivity contribution >= 4 is 16.6 Å². The zero-order chi connectivity index (χ0) is 16.6. The third kappa shape index (κ3) is 2.44. The Kier molecular flexibility index (Phi) is 3.07. The van der Waals surface area contributed by atoms with Crippen LogP contribution >= 0.6 is 0 Å². The van der Waals surface area contributed by atoms with Gasteiger partial charge >= 0.3 is 0 Å². The summed E-state index contributed by atoms with van der Waals surface area (Å²) in [6.45, 7) is 0. The summed E-state index contributed by atoms with van der Waals surface area (Å²) in [6.07, 6.45) is 3.69. The van der Waals surface area contributed by atoms with Crippen LogP contribution in [-0.4, -0.2) is 19.6 Å². The molecule has 0 spiro atoms. The average molecular weight is 322 g/mol. The van der Waals surface area contributed by atoms with Gasteiger partial charge in [-0.3, -0.25) is 0 Å². The van der Waals surface area contributed by atoms with E-state index >= 15 is 0 Å². The van der Waals surface area contributed by atoms with Crippen LogP contribution < -0.4 is 0 Å². The van der Waals surface area contributed by atoms with Gasteiger partial charge in [0.2, 0.25) is 0 Å². The number of nitrogens with zero attached hydrogens (tertiary/aromatic N) is 4. The summed E-state index contributed by atoms with van der Waals surface area (Å²) in [6, 6.07) is 24.7. The Morgan fingerprint density at radius 3 is 2.28 bits per heavy atom. The lowest BCUT2D eigenvalue weighted by molar-refractivity contribution is 0.905. The lowest BCUT2D eigenvalue weighted by Gasteiger charge is -2.00. The molecule has 0 saturated carbocycles. The number of rotatable bonds is 2. The topological polar surface area (TPSA) is 43.1 Å². The molecule has 4 nitrogen and oxygen atoms in total. The van der Waals surface area contributed by atoms with Crippen molar-refractivity contribution in [2.75, 3.05) is 0 Å². The maximum Gasteiger partial charge on any atom is 0.251 e. The Labute approximate surface area is 144 Å². The minimum atomic E-state index is 0.601. The fraction of sp³-hybridized carbons (Fsp3) is 0. The van der Waals surface area contributed by atoms with E-state index in [9.17, 15) is 0 Å². The minimum absolute atomic E-state index is 0.601. The lowest BCUT2D eigenvalue weighted by atomic mass is 10.1. The quantitative estimate of drug-likeness (QED) is 0.476. The molecule has 3 aromatic carbocycles. The number of hydrogen-bond donors (Lipinski definition) is 0. The zero-order valence-electron chi connectivity index (χ0n) is 13.4. The van der Waals surface area contributed by atoms with E-state index in [4.69, 9.17) is 0 Å². The number of imidazole rings is 1. The summed E-state index contributed by atoms with van der Waals surface area (Å²) in [7, 11) is 0. The maximum atomic E-state index is 4.67. The summed E-state index contributed by atoms with van der Waals surface area (Å²) < 4.78 is 1.72. The first kappa shape index (κ1) is 13.9. The van der Waals surface area contributed by atoms with Gasteiger partial charge < -0.3 is 0 Å². The van der Waals surface area contributed by atoms with Crippen molar-refractivity contribution in [2.24, 2.45) is 0 Å². The summed E-state index contributed by atoms with van der Waals surface area (Å²) >= 11 is 0. The van der Waals surface area contributed by atoms with E-state index in [2.05, 4.69) is 45.4 Å². The molecule has 4 heteroatoms. The molecule has 0 saturated heterocycles. The lowest BCUT2D eigenvalue weighted by Crippen LogP contribution is -1.94. The summed E-state index contributed by atoms with van der Waals surface area (Å²) in [5, 5.41) is 6.87. The highest BCUT2D eigenvalue weighted by molar-refractivity contribution is 5.86. The smallest absolute Gasteiger partial charge is 0.209 e. The van der Waals surface area contributed by atoms with Crippen LogP contribution in [0.5, 0.6) is 0 Å². The first-order chi connectivity index (χ1) is 12.4. The second kappa shape index (κ2) is 5.53. The summed E-state index contributed by atoms with van der Waals surface area (Å²) in [5.41, 5.74) is 3.79. The van der Waals surface area contributed by atoms with Crippen LogP contribution in [0.15, 0.2) is 85.2 Å². The number of fused-ring (bicyclic) bond motifs is 2.